The molecule has 0 unspecified atom stereocenters. The van der Waals surface area contributed by atoms with Gasteiger partial charge in [-0.3, -0.25) is 14.4 Å². The summed E-state index contributed by atoms with van der Waals surface area (Å²) in [7, 11) is -3.66. The molecule has 1 aliphatic heterocycles. The molecule has 0 atom stereocenters. The molecule has 0 radical (unpaired) electrons. The van der Waals surface area contributed by atoms with Crippen LogP contribution in [0.2, 0.25) is 0 Å². The molecule has 28 heavy (non-hydrogen) atoms. The summed E-state index contributed by atoms with van der Waals surface area (Å²) in [6.07, 6.45) is 1.55. The van der Waals surface area contributed by atoms with Crippen molar-refractivity contribution in [3.05, 3.63) is 53.6 Å². The summed E-state index contributed by atoms with van der Waals surface area (Å²) in [5.41, 5.74) is 3.92. The number of anilines is 3. The van der Waals surface area contributed by atoms with Crippen molar-refractivity contribution < 1.29 is 17.9 Å². The summed E-state index contributed by atoms with van der Waals surface area (Å²) < 4.78 is 34.4. The maximum absolute atomic E-state index is 13.0. The van der Waals surface area contributed by atoms with E-state index in [0.717, 1.165) is 29.7 Å². The summed E-state index contributed by atoms with van der Waals surface area (Å²) in [4.78, 5) is 14.6. The van der Waals surface area contributed by atoms with E-state index < -0.39 is 10.2 Å². The number of rotatable bonds is 7. The van der Waals surface area contributed by atoms with Gasteiger partial charge in [0, 0.05) is 13.2 Å². The zero-order valence-electron chi connectivity index (χ0n) is 16.1. The molecule has 0 saturated heterocycles. The Morgan fingerprint density at radius 1 is 1.07 bits per heavy atom. The lowest BCUT2D eigenvalue weighted by Crippen LogP contribution is -2.31. The largest absolute Gasteiger partial charge is 0.372 e. The minimum Gasteiger partial charge on any atom is -0.372 e. The van der Waals surface area contributed by atoms with Gasteiger partial charge in [-0.05, 0) is 49.1 Å². The van der Waals surface area contributed by atoms with Crippen LogP contribution in [0, 0.1) is 0 Å². The third-order valence-corrected chi connectivity index (χ3v) is 5.66. The fourth-order valence-electron chi connectivity index (χ4n) is 3.29. The minimum absolute atomic E-state index is 0.0440. The number of nitrogens with one attached hydrogen (secondary N) is 2. The number of fused-ring (bicyclic) bond motifs is 2. The van der Waals surface area contributed by atoms with Crippen molar-refractivity contribution in [2.24, 2.45) is 0 Å². The summed E-state index contributed by atoms with van der Waals surface area (Å²) in [6.45, 7) is 4.23. The lowest BCUT2D eigenvalue weighted by atomic mass is 10.0. The Balaban J connectivity index is 2.06. The predicted molar refractivity (Wildman–Crippen MR) is 110 cm³/mol. The fourth-order valence-corrected chi connectivity index (χ4v) is 4.18. The standard InChI is InChI=1S/C20H25N3O4S/c1-3-21-28(25,26)22-17-12-11-16-10-9-15-7-5-6-8-18(15)23(19(16)13-17)20(24)14-27-4-2/h5-8,11-13,21-22H,3-4,9-10,14H2,1-2H3. The SMILES string of the molecule is CCNS(=O)(=O)Nc1ccc2c(c1)N(C(=O)COCC)c1ccccc1CC2. The number of benzene rings is 2. The summed E-state index contributed by atoms with van der Waals surface area (Å²) >= 11 is 0. The van der Waals surface area contributed by atoms with E-state index in [9.17, 15) is 13.2 Å². The van der Waals surface area contributed by atoms with Crippen LogP contribution in [0.5, 0.6) is 0 Å². The van der Waals surface area contributed by atoms with E-state index in [1.165, 1.54) is 0 Å². The number of carbonyl (C=O) groups is 1. The summed E-state index contributed by atoms with van der Waals surface area (Å²) in [5, 5.41) is 0. The molecule has 8 heteroatoms. The van der Waals surface area contributed by atoms with Crippen molar-refractivity contribution in [1.29, 1.82) is 0 Å². The van der Waals surface area contributed by atoms with E-state index >= 15 is 0 Å². The summed E-state index contributed by atoms with van der Waals surface area (Å²) in [6, 6.07) is 13.1. The first kappa shape index (κ1) is 20.3. The number of nitrogens with zero attached hydrogens (tertiary/aromatic N) is 1. The molecular weight excluding hydrogens is 378 g/mol. The van der Waals surface area contributed by atoms with Crippen LogP contribution in [0.4, 0.5) is 17.1 Å². The predicted octanol–water partition coefficient (Wildman–Crippen LogP) is 2.75. The van der Waals surface area contributed by atoms with Gasteiger partial charge >= 0.3 is 0 Å². The number of hydrogen-bond donors (Lipinski definition) is 2. The first-order valence-corrected chi connectivity index (χ1v) is 10.8. The van der Waals surface area contributed by atoms with Gasteiger partial charge in [-0.1, -0.05) is 31.2 Å². The average Bonchev–Trinajstić information content (AvgIpc) is 2.82. The topological polar surface area (TPSA) is 87.7 Å². The van der Waals surface area contributed by atoms with Gasteiger partial charge in [0.2, 0.25) is 0 Å². The third-order valence-electron chi connectivity index (χ3n) is 4.49. The van der Waals surface area contributed by atoms with Crippen LogP contribution >= 0.6 is 0 Å². The van der Waals surface area contributed by atoms with Crippen molar-refractivity contribution >= 4 is 33.2 Å². The molecule has 7 nitrogen and oxygen atoms in total. The summed E-state index contributed by atoms with van der Waals surface area (Å²) in [5.74, 6) is -0.191. The molecule has 1 amide bonds. The number of hydrogen-bond acceptors (Lipinski definition) is 4. The van der Waals surface area contributed by atoms with E-state index in [0.29, 0.717) is 18.0 Å². The van der Waals surface area contributed by atoms with Gasteiger partial charge in [0.1, 0.15) is 6.61 Å². The molecule has 0 fully saturated rings. The average molecular weight is 404 g/mol. The van der Waals surface area contributed by atoms with Crippen molar-refractivity contribution in [1.82, 2.24) is 4.72 Å². The number of ether oxygens (including phenoxy) is 1. The Hall–Kier alpha value is -2.42. The van der Waals surface area contributed by atoms with Gasteiger partial charge in [0.25, 0.3) is 16.1 Å². The maximum atomic E-state index is 13.0. The van der Waals surface area contributed by atoms with Crippen LogP contribution in [0.3, 0.4) is 0 Å². The normalized spacial score (nSPS) is 13.4. The Labute approximate surface area is 165 Å². The second kappa shape index (κ2) is 8.72. The van der Waals surface area contributed by atoms with E-state index in [2.05, 4.69) is 9.44 Å². The van der Waals surface area contributed by atoms with Gasteiger partial charge in [0.15, 0.2) is 0 Å². The second-order valence-electron chi connectivity index (χ2n) is 6.44. The molecule has 0 spiro atoms. The highest BCUT2D eigenvalue weighted by Gasteiger charge is 2.26. The van der Waals surface area contributed by atoms with Gasteiger partial charge in [-0.25, -0.2) is 0 Å². The molecule has 2 aromatic carbocycles. The Kier molecular flexibility index (Phi) is 6.33. The quantitative estimate of drug-likeness (QED) is 0.744. The number of para-hydroxylation sites is 1. The first-order chi connectivity index (χ1) is 13.4. The Bertz CT molecular complexity index is 960. The van der Waals surface area contributed by atoms with Crippen LogP contribution in [0.25, 0.3) is 0 Å². The molecule has 0 aliphatic carbocycles. The third kappa shape index (κ3) is 4.52. The smallest absolute Gasteiger partial charge is 0.299 e. The highest BCUT2D eigenvalue weighted by molar-refractivity contribution is 7.90. The van der Waals surface area contributed by atoms with Crippen LogP contribution in [-0.4, -0.2) is 34.1 Å². The van der Waals surface area contributed by atoms with Crippen molar-refractivity contribution in [3.63, 3.8) is 0 Å². The lowest BCUT2D eigenvalue weighted by Gasteiger charge is -2.25. The Morgan fingerprint density at radius 2 is 1.79 bits per heavy atom. The zero-order chi connectivity index (χ0) is 20.1. The molecular formula is C20H25N3O4S. The highest BCUT2D eigenvalue weighted by atomic mass is 32.2. The molecule has 2 aromatic rings. The van der Waals surface area contributed by atoms with E-state index in [-0.39, 0.29) is 19.1 Å². The molecule has 1 aliphatic rings. The molecule has 0 aromatic heterocycles. The molecule has 1 heterocycles. The van der Waals surface area contributed by atoms with E-state index in [1.807, 2.05) is 37.3 Å². The first-order valence-electron chi connectivity index (χ1n) is 9.34. The number of aryl methyl sites for hydroxylation is 2. The zero-order valence-corrected chi connectivity index (χ0v) is 16.9. The highest BCUT2D eigenvalue weighted by Crippen LogP contribution is 2.37. The Morgan fingerprint density at radius 3 is 2.50 bits per heavy atom. The molecule has 0 bridgehead atoms. The van der Waals surface area contributed by atoms with Crippen LogP contribution in [0.15, 0.2) is 42.5 Å². The fraction of sp³-hybridized carbons (Fsp3) is 0.350. The van der Waals surface area contributed by atoms with Crippen molar-refractivity contribution in [3.8, 4) is 0 Å². The van der Waals surface area contributed by atoms with Crippen molar-refractivity contribution in [2.45, 2.75) is 26.7 Å². The van der Waals surface area contributed by atoms with Gasteiger partial charge in [-0.15, -0.1) is 0 Å². The van der Waals surface area contributed by atoms with Gasteiger partial charge in [0.05, 0.1) is 17.1 Å². The monoisotopic (exact) mass is 403 g/mol. The van der Waals surface area contributed by atoms with E-state index in [1.54, 1.807) is 24.0 Å². The second-order valence-corrected chi connectivity index (χ2v) is 7.94. The number of carbonyl (C=O) groups excluding carboxylic acids is 1. The molecule has 0 saturated carbocycles. The molecule has 150 valence electrons. The lowest BCUT2D eigenvalue weighted by molar-refractivity contribution is -0.122. The van der Waals surface area contributed by atoms with Crippen molar-refractivity contribution in [2.75, 3.05) is 29.4 Å². The van der Waals surface area contributed by atoms with E-state index in [4.69, 9.17) is 4.74 Å². The molecule has 3 rings (SSSR count). The van der Waals surface area contributed by atoms with Crippen LogP contribution in [-0.2, 0) is 32.6 Å². The van der Waals surface area contributed by atoms with Gasteiger partial charge < -0.3 is 4.74 Å². The minimum atomic E-state index is -3.66. The van der Waals surface area contributed by atoms with Crippen LogP contribution < -0.4 is 14.3 Å². The number of amides is 1. The maximum Gasteiger partial charge on any atom is 0.299 e. The van der Waals surface area contributed by atoms with Gasteiger partial charge in [-0.2, -0.15) is 13.1 Å². The van der Waals surface area contributed by atoms with Crippen LogP contribution in [0.1, 0.15) is 25.0 Å². The molecule has 2 N–H and O–H groups in total.